The number of carbonyl (C=O) groups is 1. The third kappa shape index (κ3) is 3.07. The van der Waals surface area contributed by atoms with Crippen molar-refractivity contribution in [3.8, 4) is 5.75 Å². The highest BCUT2D eigenvalue weighted by atomic mass is 35.5. The van der Waals surface area contributed by atoms with E-state index in [0.29, 0.717) is 16.3 Å². The first-order valence-electron chi connectivity index (χ1n) is 4.78. The lowest BCUT2D eigenvalue weighted by molar-refractivity contribution is 0.112. The van der Waals surface area contributed by atoms with Gasteiger partial charge in [-0.05, 0) is 38.2 Å². The van der Waals surface area contributed by atoms with Gasteiger partial charge in [-0.3, -0.25) is 4.79 Å². The van der Waals surface area contributed by atoms with Crippen LogP contribution in [0.15, 0.2) is 12.1 Å². The van der Waals surface area contributed by atoms with Gasteiger partial charge in [-0.1, -0.05) is 17.7 Å². The minimum atomic E-state index is -1.74. The summed E-state index contributed by atoms with van der Waals surface area (Å²) < 4.78 is 5.81. The van der Waals surface area contributed by atoms with Crippen LogP contribution in [0.4, 0.5) is 0 Å². The average Bonchev–Trinajstić information content (AvgIpc) is 2.10. The molecule has 0 heterocycles. The van der Waals surface area contributed by atoms with Gasteiger partial charge in [0.05, 0.1) is 10.6 Å². The number of carbonyl (C=O) groups excluding carboxylic acids is 1. The van der Waals surface area contributed by atoms with E-state index in [4.69, 9.17) is 16.0 Å². The molecule has 15 heavy (non-hydrogen) atoms. The fourth-order valence-electron chi connectivity index (χ4n) is 1.23. The van der Waals surface area contributed by atoms with Crippen LogP contribution >= 0.6 is 11.6 Å². The Morgan fingerprint density at radius 2 is 1.93 bits per heavy atom. The second-order valence-corrected chi connectivity index (χ2v) is 9.28. The lowest BCUT2D eigenvalue weighted by atomic mass is 10.1. The zero-order chi connectivity index (χ0) is 11.6. The molecule has 1 aromatic rings. The monoisotopic (exact) mass is 242 g/mol. The van der Waals surface area contributed by atoms with E-state index in [1.807, 2.05) is 13.0 Å². The Bertz CT molecular complexity index is 383. The highest BCUT2D eigenvalue weighted by molar-refractivity contribution is 6.70. The molecule has 1 aromatic carbocycles. The molecule has 4 heteroatoms. The third-order valence-corrected chi connectivity index (χ3v) is 3.01. The van der Waals surface area contributed by atoms with Crippen molar-refractivity contribution in [2.45, 2.75) is 26.6 Å². The minimum absolute atomic E-state index is 0.505. The minimum Gasteiger partial charge on any atom is -0.543 e. The van der Waals surface area contributed by atoms with Crippen molar-refractivity contribution in [3.05, 3.63) is 28.3 Å². The van der Waals surface area contributed by atoms with Crippen LogP contribution in [0.3, 0.4) is 0 Å². The maximum atomic E-state index is 11.0. The Labute approximate surface area is 96.3 Å². The highest BCUT2D eigenvalue weighted by Crippen LogP contribution is 2.31. The van der Waals surface area contributed by atoms with E-state index in [0.717, 1.165) is 11.8 Å². The van der Waals surface area contributed by atoms with E-state index in [-0.39, 0.29) is 0 Å². The van der Waals surface area contributed by atoms with Gasteiger partial charge < -0.3 is 4.43 Å². The van der Waals surface area contributed by atoms with E-state index in [9.17, 15) is 4.79 Å². The molecule has 2 nitrogen and oxygen atoms in total. The molecule has 0 radical (unpaired) electrons. The predicted octanol–water partition coefficient (Wildman–Crippen LogP) is 3.67. The molecule has 0 bridgehead atoms. The Hall–Kier alpha value is -0.803. The summed E-state index contributed by atoms with van der Waals surface area (Å²) in [4.78, 5) is 11.0. The summed E-state index contributed by atoms with van der Waals surface area (Å²) in [5.74, 6) is 0.533. The lowest BCUT2D eigenvalue weighted by Gasteiger charge is -2.22. The maximum Gasteiger partial charge on any atom is 0.242 e. The summed E-state index contributed by atoms with van der Waals surface area (Å²) >= 11 is 6.02. The van der Waals surface area contributed by atoms with Gasteiger partial charge in [0.2, 0.25) is 8.32 Å². The first-order valence-corrected chi connectivity index (χ1v) is 8.57. The average molecular weight is 243 g/mol. The van der Waals surface area contributed by atoms with Gasteiger partial charge in [-0.15, -0.1) is 0 Å². The van der Waals surface area contributed by atoms with Crippen LogP contribution in [-0.4, -0.2) is 14.6 Å². The Morgan fingerprint density at radius 3 is 2.40 bits per heavy atom. The van der Waals surface area contributed by atoms with Gasteiger partial charge in [0.1, 0.15) is 5.75 Å². The fraction of sp³-hybridized carbons (Fsp3) is 0.364. The van der Waals surface area contributed by atoms with Crippen molar-refractivity contribution in [2.24, 2.45) is 0 Å². The Balaban J connectivity index is 3.25. The SMILES string of the molecule is Cc1ccc(Cl)c(O[Si](C)(C)C)c1C=O. The van der Waals surface area contributed by atoms with Crippen molar-refractivity contribution in [1.29, 1.82) is 0 Å². The van der Waals surface area contributed by atoms with Gasteiger partial charge in [0.15, 0.2) is 6.29 Å². The van der Waals surface area contributed by atoms with Crippen LogP contribution in [0.1, 0.15) is 15.9 Å². The summed E-state index contributed by atoms with van der Waals surface area (Å²) in [5, 5.41) is 0.505. The molecule has 0 aliphatic heterocycles. The summed E-state index contributed by atoms with van der Waals surface area (Å²) in [6.45, 7) is 8.04. The van der Waals surface area contributed by atoms with Crippen molar-refractivity contribution in [3.63, 3.8) is 0 Å². The predicted molar refractivity (Wildman–Crippen MR) is 65.6 cm³/mol. The van der Waals surface area contributed by atoms with Gasteiger partial charge in [-0.2, -0.15) is 0 Å². The molecule has 0 aromatic heterocycles. The molecule has 0 aliphatic rings. The molecule has 0 fully saturated rings. The molecular weight excluding hydrogens is 228 g/mol. The standard InChI is InChI=1S/C11H15ClO2Si/c1-8-5-6-10(12)11(9(8)7-13)14-15(2,3)4/h5-7H,1-4H3. The normalized spacial score (nSPS) is 11.3. The number of rotatable bonds is 3. The number of hydrogen-bond donors (Lipinski definition) is 0. The van der Waals surface area contributed by atoms with E-state index in [1.165, 1.54) is 0 Å². The fourth-order valence-corrected chi connectivity index (χ4v) is 2.33. The smallest absolute Gasteiger partial charge is 0.242 e. The first-order chi connectivity index (χ1) is 6.85. The molecule has 0 amide bonds. The molecule has 0 atom stereocenters. The van der Waals surface area contributed by atoms with Gasteiger partial charge in [0.25, 0.3) is 0 Å². The van der Waals surface area contributed by atoms with Crippen molar-refractivity contribution >= 4 is 26.2 Å². The first kappa shape index (κ1) is 12.3. The third-order valence-electron chi connectivity index (χ3n) is 1.89. The molecule has 1 rings (SSSR count). The summed E-state index contributed by atoms with van der Waals surface area (Å²) in [5.41, 5.74) is 1.45. The molecule has 82 valence electrons. The van der Waals surface area contributed by atoms with Crippen molar-refractivity contribution in [2.75, 3.05) is 0 Å². The van der Waals surface area contributed by atoms with E-state index < -0.39 is 8.32 Å². The van der Waals surface area contributed by atoms with Crippen LogP contribution in [0.25, 0.3) is 0 Å². The molecule has 0 saturated carbocycles. The molecule has 0 spiro atoms. The lowest BCUT2D eigenvalue weighted by Crippen LogP contribution is -2.30. The van der Waals surface area contributed by atoms with E-state index in [2.05, 4.69) is 19.6 Å². The summed E-state index contributed by atoms with van der Waals surface area (Å²) in [6, 6.07) is 3.59. The maximum absolute atomic E-state index is 11.0. The number of halogens is 1. The number of aldehydes is 1. The molecule has 0 N–H and O–H groups in total. The van der Waals surface area contributed by atoms with Crippen LogP contribution in [0.2, 0.25) is 24.7 Å². The molecular formula is C11H15ClO2Si. The van der Waals surface area contributed by atoms with E-state index in [1.54, 1.807) is 6.07 Å². The largest absolute Gasteiger partial charge is 0.543 e. The summed E-state index contributed by atoms with van der Waals surface area (Å²) in [7, 11) is -1.74. The van der Waals surface area contributed by atoms with E-state index >= 15 is 0 Å². The van der Waals surface area contributed by atoms with Crippen LogP contribution in [0.5, 0.6) is 5.75 Å². The van der Waals surface area contributed by atoms with Gasteiger partial charge >= 0.3 is 0 Å². The second-order valence-electron chi connectivity index (χ2n) is 4.44. The van der Waals surface area contributed by atoms with Crippen molar-refractivity contribution < 1.29 is 9.22 Å². The number of benzene rings is 1. The number of hydrogen-bond acceptors (Lipinski definition) is 2. The second kappa shape index (κ2) is 4.37. The summed E-state index contributed by atoms with van der Waals surface area (Å²) in [6.07, 6.45) is 0.802. The van der Waals surface area contributed by atoms with Crippen LogP contribution in [-0.2, 0) is 0 Å². The van der Waals surface area contributed by atoms with Crippen LogP contribution < -0.4 is 4.43 Å². The highest BCUT2D eigenvalue weighted by Gasteiger charge is 2.21. The van der Waals surface area contributed by atoms with Crippen molar-refractivity contribution in [1.82, 2.24) is 0 Å². The number of aryl methyl sites for hydroxylation is 1. The molecule has 0 aliphatic carbocycles. The molecule has 0 unspecified atom stereocenters. The zero-order valence-electron chi connectivity index (χ0n) is 9.43. The Morgan fingerprint density at radius 1 is 1.33 bits per heavy atom. The quantitative estimate of drug-likeness (QED) is 0.597. The zero-order valence-corrected chi connectivity index (χ0v) is 11.2. The van der Waals surface area contributed by atoms with Gasteiger partial charge in [-0.25, -0.2) is 0 Å². The molecule has 0 saturated heterocycles. The topological polar surface area (TPSA) is 26.3 Å². The Kier molecular flexibility index (Phi) is 3.57. The van der Waals surface area contributed by atoms with Gasteiger partial charge in [0, 0.05) is 0 Å². The van der Waals surface area contributed by atoms with Crippen LogP contribution in [0, 0.1) is 6.92 Å².